The Morgan fingerprint density at radius 2 is 1.94 bits per heavy atom. The lowest BCUT2D eigenvalue weighted by molar-refractivity contribution is -0.115. The van der Waals surface area contributed by atoms with E-state index in [0.29, 0.717) is 12.1 Å². The van der Waals surface area contributed by atoms with Crippen molar-refractivity contribution >= 4 is 38.9 Å². The van der Waals surface area contributed by atoms with Gasteiger partial charge in [0.15, 0.2) is 0 Å². The Morgan fingerprint density at radius 1 is 1.24 bits per heavy atom. The van der Waals surface area contributed by atoms with Crippen LogP contribution >= 0.6 is 27.3 Å². The van der Waals surface area contributed by atoms with E-state index in [4.69, 9.17) is 5.11 Å². The fourth-order valence-corrected chi connectivity index (χ4v) is 2.84. The highest BCUT2D eigenvalue weighted by Crippen LogP contribution is 2.22. The summed E-state index contributed by atoms with van der Waals surface area (Å²) in [5, 5.41) is 11.9. The number of halogens is 1. The minimum atomic E-state index is -0.0648. The summed E-state index contributed by atoms with van der Waals surface area (Å²) in [6.07, 6.45) is 0.358. The van der Waals surface area contributed by atoms with E-state index in [0.717, 1.165) is 8.66 Å². The number of amides is 1. The van der Waals surface area contributed by atoms with Gasteiger partial charge in [-0.05, 0) is 52.3 Å². The number of carbonyl (C=O) groups is 1. The van der Waals surface area contributed by atoms with Crippen molar-refractivity contribution in [2.24, 2.45) is 0 Å². The van der Waals surface area contributed by atoms with Gasteiger partial charge in [-0.1, -0.05) is 0 Å². The summed E-state index contributed by atoms with van der Waals surface area (Å²) in [6.45, 7) is 0. The second-order valence-corrected chi connectivity index (χ2v) is 6.03. The maximum Gasteiger partial charge on any atom is 0.229 e. The summed E-state index contributed by atoms with van der Waals surface area (Å²) in [7, 11) is 0. The van der Waals surface area contributed by atoms with Gasteiger partial charge in [-0.3, -0.25) is 4.79 Å². The van der Waals surface area contributed by atoms with Crippen molar-refractivity contribution in [2.45, 2.75) is 6.42 Å². The van der Waals surface area contributed by atoms with Crippen LogP contribution in [0.25, 0.3) is 0 Å². The zero-order chi connectivity index (χ0) is 12.3. The van der Waals surface area contributed by atoms with Gasteiger partial charge >= 0.3 is 0 Å². The van der Waals surface area contributed by atoms with Crippen LogP contribution in [0.2, 0.25) is 0 Å². The molecule has 1 amide bonds. The molecule has 17 heavy (non-hydrogen) atoms. The smallest absolute Gasteiger partial charge is 0.229 e. The van der Waals surface area contributed by atoms with Gasteiger partial charge in [0.25, 0.3) is 0 Å². The quantitative estimate of drug-likeness (QED) is 0.854. The lowest BCUT2D eigenvalue weighted by atomic mass is 10.3. The van der Waals surface area contributed by atoms with E-state index < -0.39 is 0 Å². The standard InChI is InChI=1S/C12H10BrNO2S/c13-11-6-5-10(17-11)7-12(16)14-8-1-3-9(15)4-2-8/h1-6,15H,7H2,(H,14,16). The Bertz CT molecular complexity index is 522. The topological polar surface area (TPSA) is 49.3 Å². The fraction of sp³-hybridized carbons (Fsp3) is 0.0833. The number of hydrogen-bond acceptors (Lipinski definition) is 3. The van der Waals surface area contributed by atoms with Crippen LogP contribution in [0.3, 0.4) is 0 Å². The number of thiophene rings is 1. The molecule has 0 fully saturated rings. The van der Waals surface area contributed by atoms with Crippen molar-refractivity contribution in [3.63, 3.8) is 0 Å². The third-order valence-corrected chi connectivity index (χ3v) is 3.74. The number of anilines is 1. The van der Waals surface area contributed by atoms with Crippen LogP contribution in [0, 0.1) is 0 Å². The van der Waals surface area contributed by atoms with Gasteiger partial charge in [-0.2, -0.15) is 0 Å². The first-order valence-corrected chi connectivity index (χ1v) is 6.57. The second kappa shape index (κ2) is 5.33. The highest BCUT2D eigenvalue weighted by molar-refractivity contribution is 9.11. The Labute approximate surface area is 111 Å². The van der Waals surface area contributed by atoms with E-state index in [1.54, 1.807) is 23.5 Å². The average Bonchev–Trinajstić information content (AvgIpc) is 2.67. The van der Waals surface area contributed by atoms with Gasteiger partial charge in [0, 0.05) is 10.6 Å². The SMILES string of the molecule is O=C(Cc1ccc(Br)s1)Nc1ccc(O)cc1. The zero-order valence-electron chi connectivity index (χ0n) is 8.81. The number of benzene rings is 1. The van der Waals surface area contributed by atoms with Crippen LogP contribution in [0.1, 0.15) is 4.88 Å². The van der Waals surface area contributed by atoms with Gasteiger partial charge in [-0.15, -0.1) is 11.3 Å². The summed E-state index contributed by atoms with van der Waals surface area (Å²) in [5.41, 5.74) is 0.684. The van der Waals surface area contributed by atoms with Crippen molar-refractivity contribution in [3.8, 4) is 5.75 Å². The summed E-state index contributed by atoms with van der Waals surface area (Å²) >= 11 is 4.90. The molecular formula is C12H10BrNO2S. The molecule has 2 rings (SSSR count). The van der Waals surface area contributed by atoms with Crippen LogP contribution in [0.15, 0.2) is 40.2 Å². The van der Waals surface area contributed by atoms with Crippen molar-refractivity contribution < 1.29 is 9.90 Å². The molecule has 0 radical (unpaired) electrons. The van der Waals surface area contributed by atoms with E-state index in [1.165, 1.54) is 12.1 Å². The van der Waals surface area contributed by atoms with E-state index in [-0.39, 0.29) is 11.7 Å². The number of phenolic OH excluding ortho intramolecular Hbond substituents is 1. The predicted molar refractivity (Wildman–Crippen MR) is 72.5 cm³/mol. The van der Waals surface area contributed by atoms with Gasteiger partial charge in [0.2, 0.25) is 5.91 Å². The molecule has 0 aliphatic heterocycles. The van der Waals surface area contributed by atoms with Crippen LogP contribution in [-0.4, -0.2) is 11.0 Å². The van der Waals surface area contributed by atoms with E-state index >= 15 is 0 Å². The van der Waals surface area contributed by atoms with Crippen LogP contribution in [-0.2, 0) is 11.2 Å². The van der Waals surface area contributed by atoms with E-state index in [9.17, 15) is 4.79 Å². The number of phenols is 1. The molecule has 2 N–H and O–H groups in total. The largest absolute Gasteiger partial charge is 0.508 e. The Morgan fingerprint density at radius 3 is 2.53 bits per heavy atom. The molecule has 0 atom stereocenters. The van der Waals surface area contributed by atoms with Crippen molar-refractivity contribution in [1.29, 1.82) is 0 Å². The van der Waals surface area contributed by atoms with E-state index in [2.05, 4.69) is 21.2 Å². The number of aromatic hydroxyl groups is 1. The molecule has 2 aromatic rings. The molecular weight excluding hydrogens is 302 g/mol. The molecule has 88 valence electrons. The summed E-state index contributed by atoms with van der Waals surface area (Å²) in [6, 6.07) is 10.3. The number of nitrogens with one attached hydrogen (secondary N) is 1. The Kier molecular flexibility index (Phi) is 3.81. The Hall–Kier alpha value is -1.33. The molecule has 0 spiro atoms. The molecule has 0 bridgehead atoms. The van der Waals surface area contributed by atoms with Crippen molar-refractivity contribution in [2.75, 3.05) is 5.32 Å². The highest BCUT2D eigenvalue weighted by Gasteiger charge is 2.06. The summed E-state index contributed by atoms with van der Waals surface area (Å²) < 4.78 is 1.02. The fourth-order valence-electron chi connectivity index (χ4n) is 1.35. The monoisotopic (exact) mass is 311 g/mol. The molecule has 0 unspecified atom stereocenters. The van der Waals surface area contributed by atoms with Gasteiger partial charge in [0.05, 0.1) is 10.2 Å². The molecule has 3 nitrogen and oxygen atoms in total. The highest BCUT2D eigenvalue weighted by atomic mass is 79.9. The van der Waals surface area contributed by atoms with Crippen LogP contribution < -0.4 is 5.32 Å². The Balaban J connectivity index is 1.95. The molecule has 0 aliphatic carbocycles. The third kappa shape index (κ3) is 3.57. The maximum absolute atomic E-state index is 11.7. The lowest BCUT2D eigenvalue weighted by Crippen LogP contribution is -2.13. The van der Waals surface area contributed by atoms with Crippen LogP contribution in [0.5, 0.6) is 5.75 Å². The van der Waals surface area contributed by atoms with Gasteiger partial charge in [0.1, 0.15) is 5.75 Å². The van der Waals surface area contributed by atoms with Crippen LogP contribution in [0.4, 0.5) is 5.69 Å². The van der Waals surface area contributed by atoms with Gasteiger partial charge in [-0.25, -0.2) is 0 Å². The average molecular weight is 312 g/mol. The normalized spacial score (nSPS) is 10.2. The minimum Gasteiger partial charge on any atom is -0.508 e. The number of hydrogen-bond donors (Lipinski definition) is 2. The van der Waals surface area contributed by atoms with Crippen molar-refractivity contribution in [1.82, 2.24) is 0 Å². The second-order valence-electron chi connectivity index (χ2n) is 3.48. The third-order valence-electron chi connectivity index (χ3n) is 2.11. The summed E-state index contributed by atoms with van der Waals surface area (Å²) in [5.74, 6) is 0.121. The first kappa shape index (κ1) is 12.1. The number of carbonyl (C=O) groups excluding carboxylic acids is 1. The number of rotatable bonds is 3. The predicted octanol–water partition coefficient (Wildman–Crippen LogP) is 3.40. The van der Waals surface area contributed by atoms with E-state index in [1.807, 2.05) is 12.1 Å². The first-order valence-electron chi connectivity index (χ1n) is 4.96. The molecule has 1 aromatic heterocycles. The molecule has 0 aliphatic rings. The zero-order valence-corrected chi connectivity index (χ0v) is 11.2. The lowest BCUT2D eigenvalue weighted by Gasteiger charge is -2.03. The molecule has 1 aromatic carbocycles. The van der Waals surface area contributed by atoms with Gasteiger partial charge < -0.3 is 10.4 Å². The first-order chi connectivity index (χ1) is 8.13. The molecule has 1 heterocycles. The molecule has 5 heteroatoms. The molecule has 0 saturated carbocycles. The van der Waals surface area contributed by atoms with Crippen molar-refractivity contribution in [3.05, 3.63) is 45.1 Å². The maximum atomic E-state index is 11.7. The summed E-state index contributed by atoms with van der Waals surface area (Å²) in [4.78, 5) is 12.7. The molecule has 0 saturated heterocycles. The minimum absolute atomic E-state index is 0.0648.